The predicted octanol–water partition coefficient (Wildman–Crippen LogP) is 3.40. The Bertz CT molecular complexity index is 748. The van der Waals surface area contributed by atoms with E-state index >= 15 is 0 Å². The Morgan fingerprint density at radius 3 is 2.78 bits per heavy atom. The molecule has 1 aliphatic rings. The molecule has 0 aliphatic carbocycles. The van der Waals surface area contributed by atoms with Crippen LogP contribution in [0.15, 0.2) is 46.1 Å². The van der Waals surface area contributed by atoms with E-state index in [1.807, 2.05) is 11.0 Å². The average molecular weight is 498 g/mol. The van der Waals surface area contributed by atoms with Crippen LogP contribution in [0.1, 0.15) is 29.5 Å². The van der Waals surface area contributed by atoms with Crippen LogP contribution in [0.5, 0.6) is 0 Å². The van der Waals surface area contributed by atoms with E-state index in [9.17, 15) is 4.79 Å². The number of aliphatic imine (C=N–C) groups is 1. The van der Waals surface area contributed by atoms with Gasteiger partial charge in [0.2, 0.25) is 5.91 Å². The first-order chi connectivity index (χ1) is 12.8. The number of carbonyl (C=O) groups is 1. The van der Waals surface area contributed by atoms with E-state index in [4.69, 9.17) is 0 Å². The lowest BCUT2D eigenvalue weighted by Gasteiger charge is -2.29. The van der Waals surface area contributed by atoms with Gasteiger partial charge in [-0.15, -0.1) is 24.0 Å². The van der Waals surface area contributed by atoms with Gasteiger partial charge in [-0.05, 0) is 46.4 Å². The van der Waals surface area contributed by atoms with Gasteiger partial charge in [-0.1, -0.05) is 24.3 Å². The lowest BCUT2D eigenvalue weighted by Crippen LogP contribution is -2.38. The van der Waals surface area contributed by atoms with Gasteiger partial charge in [-0.25, -0.2) is 0 Å². The first-order valence-electron chi connectivity index (χ1n) is 9.06. The number of carbonyl (C=O) groups excluding carboxylic acids is 1. The third-order valence-corrected chi connectivity index (χ3v) is 5.34. The summed E-state index contributed by atoms with van der Waals surface area (Å²) in [7, 11) is 1.76. The molecule has 0 unspecified atom stereocenters. The molecule has 146 valence electrons. The number of halogens is 1. The standard InChI is InChI=1S/C20H26N4OS.HI/c1-21-20(23-13-16-9-12-26-15-16)22-10-4-7-19(25)24-11-8-17-5-2-3-6-18(17)14-24;/h2-3,5-6,9,12,15H,4,7-8,10-11,13-14H2,1H3,(H2,21,22,23);1H. The monoisotopic (exact) mass is 498 g/mol. The van der Waals surface area contributed by atoms with E-state index in [1.165, 1.54) is 16.7 Å². The molecule has 1 aromatic carbocycles. The van der Waals surface area contributed by atoms with Crippen LogP contribution in [0.4, 0.5) is 0 Å². The maximum Gasteiger partial charge on any atom is 0.222 e. The summed E-state index contributed by atoms with van der Waals surface area (Å²) in [5.41, 5.74) is 3.90. The molecular weight excluding hydrogens is 471 g/mol. The van der Waals surface area contributed by atoms with E-state index in [1.54, 1.807) is 18.4 Å². The number of benzene rings is 1. The zero-order chi connectivity index (χ0) is 18.2. The summed E-state index contributed by atoms with van der Waals surface area (Å²) < 4.78 is 0. The number of fused-ring (bicyclic) bond motifs is 1. The molecular formula is C20H27IN4OS. The number of thiophene rings is 1. The number of nitrogens with one attached hydrogen (secondary N) is 2. The lowest BCUT2D eigenvalue weighted by molar-refractivity contribution is -0.132. The topological polar surface area (TPSA) is 56.7 Å². The van der Waals surface area contributed by atoms with Crippen LogP contribution in [-0.4, -0.2) is 36.9 Å². The van der Waals surface area contributed by atoms with Crippen LogP contribution >= 0.6 is 35.3 Å². The maximum atomic E-state index is 12.5. The number of hydrogen-bond acceptors (Lipinski definition) is 3. The zero-order valence-corrected chi connectivity index (χ0v) is 18.8. The summed E-state index contributed by atoms with van der Waals surface area (Å²) in [6, 6.07) is 10.5. The van der Waals surface area contributed by atoms with Crippen LogP contribution in [0.2, 0.25) is 0 Å². The smallest absolute Gasteiger partial charge is 0.222 e. The highest BCUT2D eigenvalue weighted by Crippen LogP contribution is 2.19. The van der Waals surface area contributed by atoms with Gasteiger partial charge in [0.25, 0.3) is 0 Å². The second-order valence-corrected chi connectivity index (χ2v) is 7.20. The van der Waals surface area contributed by atoms with Crippen molar-refractivity contribution in [1.29, 1.82) is 0 Å². The minimum Gasteiger partial charge on any atom is -0.356 e. The third-order valence-electron chi connectivity index (χ3n) is 4.61. The second-order valence-electron chi connectivity index (χ2n) is 6.42. The number of hydrogen-bond donors (Lipinski definition) is 2. The van der Waals surface area contributed by atoms with Crippen LogP contribution in [0.3, 0.4) is 0 Å². The lowest BCUT2D eigenvalue weighted by atomic mass is 9.99. The summed E-state index contributed by atoms with van der Waals surface area (Å²) in [6.45, 7) is 3.06. The molecule has 0 radical (unpaired) electrons. The maximum absolute atomic E-state index is 12.5. The Morgan fingerprint density at radius 2 is 2.04 bits per heavy atom. The molecule has 5 nitrogen and oxygen atoms in total. The summed E-state index contributed by atoms with van der Waals surface area (Å²) in [6.07, 6.45) is 2.33. The second kappa shape index (κ2) is 11.3. The Balaban J connectivity index is 0.00000261. The van der Waals surface area contributed by atoms with E-state index in [0.717, 1.165) is 45.0 Å². The number of amides is 1. The van der Waals surface area contributed by atoms with Gasteiger partial charge < -0.3 is 15.5 Å². The first kappa shape index (κ1) is 21.7. The van der Waals surface area contributed by atoms with Crippen molar-refractivity contribution in [1.82, 2.24) is 15.5 Å². The van der Waals surface area contributed by atoms with Crippen molar-refractivity contribution in [3.05, 3.63) is 57.8 Å². The van der Waals surface area contributed by atoms with Crippen LogP contribution in [-0.2, 0) is 24.3 Å². The Hall–Kier alpha value is -1.61. The van der Waals surface area contributed by atoms with Crippen LogP contribution in [0.25, 0.3) is 0 Å². The van der Waals surface area contributed by atoms with E-state index < -0.39 is 0 Å². The fourth-order valence-electron chi connectivity index (χ4n) is 3.11. The Kier molecular flexibility index (Phi) is 9.06. The van der Waals surface area contributed by atoms with Crippen LogP contribution < -0.4 is 10.6 Å². The van der Waals surface area contributed by atoms with Gasteiger partial charge in [0.05, 0.1) is 0 Å². The van der Waals surface area contributed by atoms with Crippen molar-refractivity contribution in [3.63, 3.8) is 0 Å². The van der Waals surface area contributed by atoms with Gasteiger partial charge in [0.15, 0.2) is 5.96 Å². The molecule has 1 aliphatic heterocycles. The fourth-order valence-corrected chi connectivity index (χ4v) is 3.78. The fraction of sp³-hybridized carbons (Fsp3) is 0.400. The minimum atomic E-state index is 0. The van der Waals surface area contributed by atoms with Crippen molar-refractivity contribution >= 4 is 47.2 Å². The highest BCUT2D eigenvalue weighted by atomic mass is 127. The molecule has 2 aromatic rings. The predicted molar refractivity (Wildman–Crippen MR) is 123 cm³/mol. The number of guanidine groups is 1. The largest absolute Gasteiger partial charge is 0.356 e. The molecule has 0 fully saturated rings. The van der Waals surface area contributed by atoms with Gasteiger partial charge in [0, 0.05) is 39.6 Å². The molecule has 27 heavy (non-hydrogen) atoms. The summed E-state index contributed by atoms with van der Waals surface area (Å²) in [4.78, 5) is 18.7. The SMILES string of the molecule is CN=C(NCCCC(=O)N1CCc2ccccc2C1)NCc1ccsc1.I. The molecule has 1 amide bonds. The summed E-state index contributed by atoms with van der Waals surface area (Å²) in [5, 5.41) is 10.7. The molecule has 1 aromatic heterocycles. The van der Waals surface area contributed by atoms with Gasteiger partial charge in [-0.3, -0.25) is 9.79 Å². The molecule has 2 heterocycles. The van der Waals surface area contributed by atoms with Gasteiger partial charge >= 0.3 is 0 Å². The number of nitrogens with zero attached hydrogens (tertiary/aromatic N) is 2. The van der Waals surface area contributed by atoms with Crippen molar-refractivity contribution in [2.75, 3.05) is 20.1 Å². The van der Waals surface area contributed by atoms with Crippen molar-refractivity contribution in [2.24, 2.45) is 4.99 Å². The van der Waals surface area contributed by atoms with E-state index in [0.29, 0.717) is 6.42 Å². The van der Waals surface area contributed by atoms with Crippen LogP contribution in [0, 0.1) is 0 Å². The molecule has 3 rings (SSSR count). The average Bonchev–Trinajstić information content (AvgIpc) is 3.20. The molecule has 0 atom stereocenters. The molecule has 0 bridgehead atoms. The zero-order valence-electron chi connectivity index (χ0n) is 15.6. The van der Waals surface area contributed by atoms with E-state index in [2.05, 4.69) is 50.7 Å². The summed E-state index contributed by atoms with van der Waals surface area (Å²) >= 11 is 1.69. The van der Waals surface area contributed by atoms with Crippen molar-refractivity contribution in [3.8, 4) is 0 Å². The molecule has 0 saturated heterocycles. The molecule has 0 spiro atoms. The number of rotatable bonds is 6. The Morgan fingerprint density at radius 1 is 1.22 bits per heavy atom. The highest BCUT2D eigenvalue weighted by molar-refractivity contribution is 14.0. The third kappa shape index (κ3) is 6.49. The molecule has 2 N–H and O–H groups in total. The van der Waals surface area contributed by atoms with Crippen molar-refractivity contribution in [2.45, 2.75) is 32.4 Å². The van der Waals surface area contributed by atoms with Gasteiger partial charge in [0.1, 0.15) is 0 Å². The molecule has 0 saturated carbocycles. The highest BCUT2D eigenvalue weighted by Gasteiger charge is 2.19. The quantitative estimate of drug-likeness (QED) is 0.278. The van der Waals surface area contributed by atoms with Crippen molar-refractivity contribution < 1.29 is 4.79 Å². The first-order valence-corrected chi connectivity index (χ1v) is 10.0. The molecule has 7 heteroatoms. The van der Waals surface area contributed by atoms with Gasteiger partial charge in [-0.2, -0.15) is 11.3 Å². The Labute approximate surface area is 182 Å². The summed E-state index contributed by atoms with van der Waals surface area (Å²) in [5.74, 6) is 1.01. The van der Waals surface area contributed by atoms with E-state index in [-0.39, 0.29) is 29.9 Å². The normalized spacial score (nSPS) is 13.5. The minimum absolute atomic E-state index is 0.